The Morgan fingerprint density at radius 1 is 1.35 bits per heavy atom. The summed E-state index contributed by atoms with van der Waals surface area (Å²) in [6, 6.07) is 3.50. The number of nitro benzene ring substituents is 1. The van der Waals surface area contributed by atoms with E-state index in [2.05, 4.69) is 4.72 Å². The molecule has 0 aliphatic rings. The molecule has 0 spiro atoms. The Morgan fingerprint density at radius 2 is 1.95 bits per heavy atom. The third-order valence-electron chi connectivity index (χ3n) is 3.12. The number of halogens is 1. The predicted octanol–water partition coefficient (Wildman–Crippen LogP) is 2.96. The first kappa shape index (κ1) is 16.9. The average molecular weight is 321 g/mol. The largest absolute Gasteiger partial charge is 0.290 e. The second-order valence-corrected chi connectivity index (χ2v) is 6.58. The van der Waals surface area contributed by atoms with Crippen molar-refractivity contribution in [3.63, 3.8) is 0 Å². The minimum absolute atomic E-state index is 0.121. The van der Waals surface area contributed by atoms with Gasteiger partial charge in [-0.05, 0) is 18.1 Å². The van der Waals surface area contributed by atoms with E-state index >= 15 is 0 Å². The molecule has 0 heterocycles. The minimum atomic E-state index is -3.92. The van der Waals surface area contributed by atoms with Gasteiger partial charge >= 0.3 is 0 Å². The highest BCUT2D eigenvalue weighted by Crippen LogP contribution is 2.27. The average Bonchev–Trinajstić information content (AvgIpc) is 2.39. The predicted molar refractivity (Wildman–Crippen MR) is 77.4 cm³/mol. The van der Waals surface area contributed by atoms with Gasteiger partial charge in [0.25, 0.3) is 5.69 Å². The van der Waals surface area contributed by atoms with E-state index in [1.165, 1.54) is 6.07 Å². The van der Waals surface area contributed by atoms with Crippen molar-refractivity contribution >= 4 is 27.3 Å². The number of nitrogens with zero attached hydrogens (tertiary/aromatic N) is 1. The molecule has 1 rings (SSSR count). The maximum atomic E-state index is 12.1. The molecule has 0 aliphatic carbocycles. The number of nitrogens with one attached hydrogen (secondary N) is 1. The van der Waals surface area contributed by atoms with Crippen LogP contribution in [0, 0.1) is 16.0 Å². The van der Waals surface area contributed by atoms with Gasteiger partial charge in [0.15, 0.2) is 4.90 Å². The molecule has 8 heteroatoms. The summed E-state index contributed by atoms with van der Waals surface area (Å²) in [5.74, 6) is 0.205. The third kappa shape index (κ3) is 4.16. The third-order valence-corrected chi connectivity index (χ3v) is 4.83. The molecule has 6 nitrogen and oxygen atoms in total. The molecule has 0 radical (unpaired) electrons. The molecule has 0 bridgehead atoms. The van der Waals surface area contributed by atoms with Gasteiger partial charge in [-0.15, -0.1) is 0 Å². The van der Waals surface area contributed by atoms with E-state index in [9.17, 15) is 18.5 Å². The summed E-state index contributed by atoms with van der Waals surface area (Å²) in [4.78, 5) is 9.81. The van der Waals surface area contributed by atoms with Crippen LogP contribution >= 0.6 is 11.6 Å². The summed E-state index contributed by atoms with van der Waals surface area (Å²) in [6.45, 7) is 4.19. The Morgan fingerprint density at radius 3 is 2.45 bits per heavy atom. The first-order valence-corrected chi connectivity index (χ1v) is 8.11. The smallest absolute Gasteiger partial charge is 0.258 e. The molecule has 1 aromatic carbocycles. The van der Waals surface area contributed by atoms with Crippen molar-refractivity contribution in [1.29, 1.82) is 0 Å². The lowest BCUT2D eigenvalue weighted by molar-refractivity contribution is -0.387. The van der Waals surface area contributed by atoms with Crippen LogP contribution in [0.5, 0.6) is 0 Å². The zero-order valence-electron chi connectivity index (χ0n) is 11.3. The number of hydrogen-bond acceptors (Lipinski definition) is 4. The van der Waals surface area contributed by atoms with Crippen LogP contribution in [0.4, 0.5) is 5.69 Å². The van der Waals surface area contributed by atoms with Crippen molar-refractivity contribution in [1.82, 2.24) is 4.72 Å². The molecule has 0 fully saturated rings. The van der Waals surface area contributed by atoms with Crippen LogP contribution in [0.3, 0.4) is 0 Å². The molecular formula is C12H17ClN2O4S. The van der Waals surface area contributed by atoms with E-state index in [-0.39, 0.29) is 22.4 Å². The number of hydrogen-bond donors (Lipinski definition) is 1. The molecular weight excluding hydrogens is 304 g/mol. The van der Waals surface area contributed by atoms with Crippen molar-refractivity contribution in [3.8, 4) is 0 Å². The van der Waals surface area contributed by atoms with E-state index in [0.717, 1.165) is 25.0 Å². The molecule has 0 aromatic heterocycles. The van der Waals surface area contributed by atoms with E-state index in [0.29, 0.717) is 0 Å². The van der Waals surface area contributed by atoms with E-state index in [1.54, 1.807) is 0 Å². The van der Waals surface area contributed by atoms with Gasteiger partial charge in [-0.3, -0.25) is 10.1 Å². The van der Waals surface area contributed by atoms with Gasteiger partial charge in [-0.2, -0.15) is 0 Å². The van der Waals surface area contributed by atoms with Crippen LogP contribution in [0.1, 0.15) is 26.7 Å². The van der Waals surface area contributed by atoms with Gasteiger partial charge in [-0.1, -0.05) is 38.3 Å². The second-order valence-electron chi connectivity index (χ2n) is 4.40. The zero-order valence-corrected chi connectivity index (χ0v) is 12.9. The highest BCUT2D eigenvalue weighted by atomic mass is 35.5. The quantitative estimate of drug-likeness (QED) is 0.617. The molecule has 0 aliphatic heterocycles. The number of sulfonamides is 1. The number of benzene rings is 1. The van der Waals surface area contributed by atoms with Crippen molar-refractivity contribution in [2.45, 2.75) is 31.6 Å². The monoisotopic (exact) mass is 320 g/mol. The molecule has 0 saturated carbocycles. The lowest BCUT2D eigenvalue weighted by Crippen LogP contribution is -2.29. The second kappa shape index (κ2) is 7.01. The topological polar surface area (TPSA) is 89.3 Å². The van der Waals surface area contributed by atoms with Crippen molar-refractivity contribution in [2.75, 3.05) is 6.54 Å². The Bertz CT molecular complexity index is 585. The van der Waals surface area contributed by atoms with Crippen molar-refractivity contribution in [3.05, 3.63) is 33.3 Å². The molecule has 0 saturated heterocycles. The summed E-state index contributed by atoms with van der Waals surface area (Å²) in [5.41, 5.74) is -0.519. The molecule has 20 heavy (non-hydrogen) atoms. The number of nitro groups is 1. The van der Waals surface area contributed by atoms with Gasteiger partial charge < -0.3 is 0 Å². The summed E-state index contributed by atoms with van der Waals surface area (Å²) in [7, 11) is -3.92. The molecule has 0 unspecified atom stereocenters. The first-order chi connectivity index (χ1) is 9.31. The zero-order chi connectivity index (χ0) is 15.3. The maximum Gasteiger partial charge on any atom is 0.290 e. The minimum Gasteiger partial charge on any atom is -0.258 e. The number of rotatable bonds is 7. The van der Waals surface area contributed by atoms with Crippen molar-refractivity contribution in [2.24, 2.45) is 5.92 Å². The van der Waals surface area contributed by atoms with E-state index < -0.39 is 20.6 Å². The van der Waals surface area contributed by atoms with Crippen LogP contribution in [0.15, 0.2) is 23.1 Å². The summed E-state index contributed by atoms with van der Waals surface area (Å²) in [6.07, 6.45) is 1.67. The Hall–Kier alpha value is -1.18. The Labute approximate surface area is 123 Å². The van der Waals surface area contributed by atoms with E-state index in [4.69, 9.17) is 11.6 Å². The fraction of sp³-hybridized carbons (Fsp3) is 0.500. The van der Waals surface area contributed by atoms with Crippen molar-refractivity contribution < 1.29 is 13.3 Å². The summed E-state index contributed by atoms with van der Waals surface area (Å²) in [5, 5.41) is 11.0. The van der Waals surface area contributed by atoms with Gasteiger partial charge in [0.05, 0.1) is 4.92 Å². The van der Waals surface area contributed by atoms with Gasteiger partial charge in [0, 0.05) is 17.6 Å². The van der Waals surface area contributed by atoms with Crippen LogP contribution in [0.25, 0.3) is 0 Å². The molecule has 1 N–H and O–H groups in total. The molecule has 1 aromatic rings. The van der Waals surface area contributed by atoms with Crippen LogP contribution < -0.4 is 4.72 Å². The van der Waals surface area contributed by atoms with Crippen LogP contribution in [-0.2, 0) is 10.0 Å². The Kier molecular flexibility index (Phi) is 5.91. The first-order valence-electron chi connectivity index (χ1n) is 6.25. The van der Waals surface area contributed by atoms with Crippen LogP contribution in [-0.4, -0.2) is 19.9 Å². The van der Waals surface area contributed by atoms with E-state index in [1.807, 2.05) is 13.8 Å². The fourth-order valence-corrected chi connectivity index (χ4v) is 3.18. The highest BCUT2D eigenvalue weighted by Gasteiger charge is 2.26. The standard InChI is InChI=1S/C12H17ClN2O4S/c1-3-9(4-2)8-14-20(18,19)12-6-5-10(13)7-11(12)15(16)17/h5-7,9,14H,3-4,8H2,1-2H3. The van der Waals surface area contributed by atoms with Crippen LogP contribution in [0.2, 0.25) is 5.02 Å². The molecule has 0 atom stereocenters. The molecule has 0 amide bonds. The Balaban J connectivity index is 3.07. The highest BCUT2D eigenvalue weighted by molar-refractivity contribution is 7.89. The van der Waals surface area contributed by atoms with Gasteiger partial charge in [0.1, 0.15) is 0 Å². The van der Waals surface area contributed by atoms with Gasteiger partial charge in [0.2, 0.25) is 10.0 Å². The summed E-state index contributed by atoms with van der Waals surface area (Å²) < 4.78 is 26.7. The maximum absolute atomic E-state index is 12.1. The molecule has 112 valence electrons. The lowest BCUT2D eigenvalue weighted by Gasteiger charge is -2.13. The normalized spacial score (nSPS) is 11.8. The lowest BCUT2D eigenvalue weighted by atomic mass is 10.0. The summed E-state index contributed by atoms with van der Waals surface area (Å²) >= 11 is 5.66. The SMILES string of the molecule is CCC(CC)CNS(=O)(=O)c1ccc(Cl)cc1[N+](=O)[O-]. The van der Waals surface area contributed by atoms with Gasteiger partial charge in [-0.25, -0.2) is 13.1 Å². The fourth-order valence-electron chi connectivity index (χ4n) is 1.74.